The van der Waals surface area contributed by atoms with Crippen LogP contribution < -0.4 is 20.0 Å². The molecule has 0 aliphatic carbocycles. The summed E-state index contributed by atoms with van der Waals surface area (Å²) >= 11 is 0. The maximum atomic E-state index is 11.9. The van der Waals surface area contributed by atoms with Crippen molar-refractivity contribution in [2.45, 2.75) is 20.1 Å². The van der Waals surface area contributed by atoms with Crippen LogP contribution in [0, 0.1) is 6.92 Å². The van der Waals surface area contributed by atoms with E-state index in [1.54, 1.807) is 0 Å². The van der Waals surface area contributed by atoms with Crippen LogP contribution in [-0.4, -0.2) is 6.73 Å². The van der Waals surface area contributed by atoms with E-state index in [1.165, 1.54) is 6.07 Å². The second-order valence-electron chi connectivity index (χ2n) is 7.41. The van der Waals surface area contributed by atoms with Gasteiger partial charge in [0.25, 0.3) is 0 Å². The lowest BCUT2D eigenvalue weighted by Gasteiger charge is -2.31. The van der Waals surface area contributed by atoms with Crippen LogP contribution in [0.3, 0.4) is 0 Å². The van der Waals surface area contributed by atoms with Gasteiger partial charge in [-0.15, -0.1) is 0 Å². The first kappa shape index (κ1) is 18.3. The Morgan fingerprint density at radius 2 is 1.80 bits per heavy atom. The minimum Gasteiger partial charge on any atom is -0.489 e. The van der Waals surface area contributed by atoms with Gasteiger partial charge in [0.05, 0.1) is 12.1 Å². The van der Waals surface area contributed by atoms with E-state index >= 15 is 0 Å². The van der Waals surface area contributed by atoms with Gasteiger partial charge in [-0.3, -0.25) is 0 Å². The molecule has 4 aromatic rings. The lowest BCUT2D eigenvalue weighted by atomic mass is 10.0. The Morgan fingerprint density at radius 3 is 2.60 bits per heavy atom. The summed E-state index contributed by atoms with van der Waals surface area (Å²) in [5.41, 5.74) is 4.20. The van der Waals surface area contributed by atoms with Crippen LogP contribution in [0.2, 0.25) is 0 Å². The predicted octanol–water partition coefficient (Wildman–Crippen LogP) is 5.04. The van der Waals surface area contributed by atoms with E-state index in [-0.39, 0.29) is 5.63 Å². The van der Waals surface area contributed by atoms with Gasteiger partial charge in [0.2, 0.25) is 0 Å². The van der Waals surface area contributed by atoms with E-state index in [2.05, 4.69) is 4.90 Å². The third-order valence-electron chi connectivity index (χ3n) is 5.35. The fourth-order valence-corrected chi connectivity index (χ4v) is 3.75. The van der Waals surface area contributed by atoms with Crippen LogP contribution in [0.1, 0.15) is 16.7 Å². The van der Waals surface area contributed by atoms with Gasteiger partial charge in [0.15, 0.2) is 6.73 Å². The van der Waals surface area contributed by atoms with Crippen molar-refractivity contribution in [1.29, 1.82) is 0 Å². The predicted molar refractivity (Wildman–Crippen MR) is 116 cm³/mol. The van der Waals surface area contributed by atoms with Crippen LogP contribution in [0.4, 0.5) is 5.69 Å². The Labute approximate surface area is 174 Å². The second kappa shape index (κ2) is 7.59. The van der Waals surface area contributed by atoms with E-state index in [0.29, 0.717) is 25.5 Å². The number of anilines is 1. The molecule has 0 fully saturated rings. The molecule has 5 heteroatoms. The van der Waals surface area contributed by atoms with Crippen molar-refractivity contribution < 1.29 is 13.9 Å². The number of hydrogen-bond acceptors (Lipinski definition) is 5. The molecule has 5 rings (SSSR count). The summed E-state index contributed by atoms with van der Waals surface area (Å²) in [5, 5.41) is 0.934. The Bertz CT molecular complexity index is 1250. The third kappa shape index (κ3) is 3.50. The molecule has 0 unspecified atom stereocenters. The number of rotatable bonds is 4. The monoisotopic (exact) mass is 399 g/mol. The Balaban J connectivity index is 1.37. The molecule has 0 spiro atoms. The van der Waals surface area contributed by atoms with Gasteiger partial charge in [-0.2, -0.15) is 0 Å². The number of nitrogens with zero attached hydrogens (tertiary/aromatic N) is 1. The van der Waals surface area contributed by atoms with Crippen LogP contribution in [0.15, 0.2) is 82.0 Å². The van der Waals surface area contributed by atoms with Crippen molar-refractivity contribution in [2.24, 2.45) is 0 Å². The summed E-state index contributed by atoms with van der Waals surface area (Å²) < 4.78 is 17.4. The zero-order valence-electron chi connectivity index (χ0n) is 16.6. The molecule has 30 heavy (non-hydrogen) atoms. The van der Waals surface area contributed by atoms with Crippen molar-refractivity contribution in [1.82, 2.24) is 0 Å². The summed E-state index contributed by atoms with van der Waals surface area (Å²) in [4.78, 5) is 14.0. The molecule has 1 aliphatic heterocycles. The van der Waals surface area contributed by atoms with Crippen molar-refractivity contribution in [3.8, 4) is 11.5 Å². The molecule has 0 saturated heterocycles. The first-order chi connectivity index (χ1) is 14.7. The highest BCUT2D eigenvalue weighted by molar-refractivity contribution is 5.85. The molecule has 0 amide bonds. The highest BCUT2D eigenvalue weighted by atomic mass is 16.5. The summed E-state index contributed by atoms with van der Waals surface area (Å²) in [7, 11) is 0. The van der Waals surface area contributed by atoms with Crippen molar-refractivity contribution in [3.05, 3.63) is 99.9 Å². The molecule has 1 aliphatic rings. The van der Waals surface area contributed by atoms with Gasteiger partial charge in [-0.1, -0.05) is 30.3 Å². The Kier molecular flexibility index (Phi) is 4.64. The second-order valence-corrected chi connectivity index (χ2v) is 7.41. The summed E-state index contributed by atoms with van der Waals surface area (Å²) in [6.45, 7) is 3.48. The fraction of sp³-hybridized carbons (Fsp3) is 0.160. The molecule has 2 heterocycles. The summed E-state index contributed by atoms with van der Waals surface area (Å²) in [6, 6.07) is 23.4. The SMILES string of the molecule is Cc1cc(=O)oc2c3c(ccc12)OCN(c1ccc(OCc2ccccc2)cc1)C3. The normalized spacial score (nSPS) is 13.0. The fourth-order valence-electron chi connectivity index (χ4n) is 3.75. The average Bonchev–Trinajstić information content (AvgIpc) is 2.78. The summed E-state index contributed by atoms with van der Waals surface area (Å²) in [5.74, 6) is 1.57. The number of hydrogen-bond donors (Lipinski definition) is 0. The third-order valence-corrected chi connectivity index (χ3v) is 5.35. The molecule has 150 valence electrons. The van der Waals surface area contributed by atoms with Gasteiger partial charge >= 0.3 is 5.63 Å². The minimum absolute atomic E-state index is 0.342. The number of ether oxygens (including phenoxy) is 2. The van der Waals surface area contributed by atoms with Crippen LogP contribution >= 0.6 is 0 Å². The van der Waals surface area contributed by atoms with Gasteiger partial charge in [-0.25, -0.2) is 4.79 Å². The van der Waals surface area contributed by atoms with Gasteiger partial charge in [0.1, 0.15) is 23.7 Å². The smallest absolute Gasteiger partial charge is 0.336 e. The van der Waals surface area contributed by atoms with Crippen molar-refractivity contribution in [2.75, 3.05) is 11.6 Å². The van der Waals surface area contributed by atoms with Crippen LogP contribution in [0.25, 0.3) is 11.0 Å². The number of fused-ring (bicyclic) bond motifs is 3. The molecule has 1 aromatic heterocycles. The molecule has 0 saturated carbocycles. The Hall–Kier alpha value is -3.73. The maximum absolute atomic E-state index is 11.9. The molecular weight excluding hydrogens is 378 g/mol. The van der Waals surface area contributed by atoms with E-state index < -0.39 is 0 Å². The first-order valence-corrected chi connectivity index (χ1v) is 9.88. The Morgan fingerprint density at radius 1 is 1.00 bits per heavy atom. The molecule has 0 bridgehead atoms. The highest BCUT2D eigenvalue weighted by Gasteiger charge is 2.22. The van der Waals surface area contributed by atoms with E-state index in [9.17, 15) is 4.79 Å². The van der Waals surface area contributed by atoms with E-state index in [1.807, 2.05) is 73.7 Å². The number of benzene rings is 3. The molecule has 3 aromatic carbocycles. The molecule has 5 nitrogen and oxygen atoms in total. The van der Waals surface area contributed by atoms with E-state index in [4.69, 9.17) is 13.9 Å². The quantitative estimate of drug-likeness (QED) is 0.450. The molecular formula is C25H21NO4. The van der Waals surface area contributed by atoms with Gasteiger partial charge in [-0.05, 0) is 54.4 Å². The highest BCUT2D eigenvalue weighted by Crippen LogP contribution is 2.34. The van der Waals surface area contributed by atoms with E-state index in [0.717, 1.165) is 39.3 Å². The zero-order chi connectivity index (χ0) is 20.5. The largest absolute Gasteiger partial charge is 0.489 e. The van der Waals surface area contributed by atoms with Gasteiger partial charge in [0, 0.05) is 17.1 Å². The molecule has 0 radical (unpaired) electrons. The lowest BCUT2D eigenvalue weighted by Crippen LogP contribution is -2.32. The molecule has 0 N–H and O–H groups in total. The minimum atomic E-state index is -0.342. The molecule has 0 atom stereocenters. The maximum Gasteiger partial charge on any atom is 0.336 e. The average molecular weight is 399 g/mol. The van der Waals surface area contributed by atoms with Gasteiger partial charge < -0.3 is 18.8 Å². The first-order valence-electron chi connectivity index (χ1n) is 9.88. The summed E-state index contributed by atoms with van der Waals surface area (Å²) in [6.07, 6.45) is 0. The number of aryl methyl sites for hydroxylation is 1. The zero-order valence-corrected chi connectivity index (χ0v) is 16.6. The van der Waals surface area contributed by atoms with Crippen molar-refractivity contribution >= 4 is 16.7 Å². The van der Waals surface area contributed by atoms with Crippen molar-refractivity contribution in [3.63, 3.8) is 0 Å². The lowest BCUT2D eigenvalue weighted by molar-refractivity contribution is 0.288. The standard InChI is InChI=1S/C25H21NO4/c1-17-13-24(27)30-25-21(17)11-12-23-22(25)14-26(16-29-23)19-7-9-20(10-8-19)28-15-18-5-3-2-4-6-18/h2-13H,14-16H2,1H3. The van der Waals surface area contributed by atoms with Crippen LogP contribution in [-0.2, 0) is 13.2 Å². The van der Waals surface area contributed by atoms with Crippen LogP contribution in [0.5, 0.6) is 11.5 Å². The topological polar surface area (TPSA) is 51.9 Å².